The third-order valence-corrected chi connectivity index (χ3v) is 2.00. The number of ether oxygens (including phenoxy) is 1. The summed E-state index contributed by atoms with van der Waals surface area (Å²) in [6, 6.07) is 4.45. The van der Waals surface area contributed by atoms with E-state index in [9.17, 15) is 8.78 Å². The topological polar surface area (TPSA) is 84.8 Å². The number of nitrogens with two attached hydrogens (primary N) is 1. The van der Waals surface area contributed by atoms with E-state index in [0.29, 0.717) is 0 Å². The second kappa shape index (κ2) is 4.63. The van der Waals surface area contributed by atoms with Gasteiger partial charge in [-0.15, -0.1) is 0 Å². The van der Waals surface area contributed by atoms with Crippen LogP contribution in [0, 0.1) is 23.0 Å². The summed E-state index contributed by atoms with van der Waals surface area (Å²) in [5.74, 6) is -2.07. The molecule has 0 spiro atoms. The van der Waals surface area contributed by atoms with Crippen LogP contribution in [0.4, 0.5) is 14.5 Å². The Labute approximate surface area is 100 Å². The molecule has 1 heterocycles. The van der Waals surface area contributed by atoms with Gasteiger partial charge in [0.15, 0.2) is 11.6 Å². The van der Waals surface area contributed by atoms with Gasteiger partial charge < -0.3 is 10.5 Å². The summed E-state index contributed by atoms with van der Waals surface area (Å²) in [6.45, 7) is 0. The van der Waals surface area contributed by atoms with Crippen molar-refractivity contribution in [3.05, 3.63) is 41.7 Å². The molecular weight excluding hydrogens is 242 g/mol. The van der Waals surface area contributed by atoms with Crippen LogP contribution in [-0.2, 0) is 0 Å². The molecule has 1 aromatic carbocycles. The Balaban J connectivity index is 2.34. The minimum absolute atomic E-state index is 0.0522. The van der Waals surface area contributed by atoms with E-state index in [-0.39, 0.29) is 17.4 Å². The highest BCUT2D eigenvalue weighted by Gasteiger charge is 2.11. The number of aromatic nitrogens is 2. The number of hydrogen-bond donors (Lipinski definition) is 1. The maximum Gasteiger partial charge on any atom is 0.323 e. The highest BCUT2D eigenvalue weighted by molar-refractivity contribution is 5.45. The van der Waals surface area contributed by atoms with E-state index in [2.05, 4.69) is 9.97 Å². The standard InChI is InChI=1S/C11H6F2N4O/c12-7-4-10(8(13)3-9(7)15)18-11-16-2-1-6(5-14)17-11/h1-4H,15H2. The van der Waals surface area contributed by atoms with Gasteiger partial charge in [-0.1, -0.05) is 0 Å². The Morgan fingerprint density at radius 3 is 2.78 bits per heavy atom. The monoisotopic (exact) mass is 248 g/mol. The van der Waals surface area contributed by atoms with Gasteiger partial charge in [0.25, 0.3) is 0 Å². The third-order valence-electron chi connectivity index (χ3n) is 2.00. The molecular formula is C11H6F2N4O. The molecule has 90 valence electrons. The lowest BCUT2D eigenvalue weighted by Crippen LogP contribution is -1.98. The Morgan fingerprint density at radius 1 is 1.28 bits per heavy atom. The largest absolute Gasteiger partial charge is 0.421 e. The molecule has 0 unspecified atom stereocenters. The fourth-order valence-electron chi connectivity index (χ4n) is 1.17. The van der Waals surface area contributed by atoms with Gasteiger partial charge >= 0.3 is 6.01 Å². The Morgan fingerprint density at radius 2 is 2.06 bits per heavy atom. The predicted molar refractivity (Wildman–Crippen MR) is 57.6 cm³/mol. The van der Waals surface area contributed by atoms with Gasteiger partial charge in [0.2, 0.25) is 0 Å². The van der Waals surface area contributed by atoms with Crippen molar-refractivity contribution in [2.45, 2.75) is 0 Å². The van der Waals surface area contributed by atoms with Crippen LogP contribution < -0.4 is 10.5 Å². The zero-order valence-corrected chi connectivity index (χ0v) is 8.89. The van der Waals surface area contributed by atoms with Crippen LogP contribution in [0.15, 0.2) is 24.4 Å². The molecule has 0 aliphatic heterocycles. The van der Waals surface area contributed by atoms with Crippen LogP contribution in [0.25, 0.3) is 0 Å². The van der Waals surface area contributed by atoms with Gasteiger partial charge in [-0.3, -0.25) is 0 Å². The molecule has 0 saturated carbocycles. The van der Waals surface area contributed by atoms with Gasteiger partial charge in [0.05, 0.1) is 5.69 Å². The SMILES string of the molecule is N#Cc1ccnc(Oc2cc(F)c(N)cc2F)n1. The van der Waals surface area contributed by atoms with Gasteiger partial charge in [-0.25, -0.2) is 13.8 Å². The van der Waals surface area contributed by atoms with Crippen molar-refractivity contribution >= 4 is 5.69 Å². The van der Waals surface area contributed by atoms with E-state index in [1.165, 1.54) is 12.3 Å². The highest BCUT2D eigenvalue weighted by atomic mass is 19.1. The smallest absolute Gasteiger partial charge is 0.323 e. The number of anilines is 1. The van der Waals surface area contributed by atoms with Crippen LogP contribution in [0.1, 0.15) is 5.69 Å². The molecule has 2 rings (SSSR count). The van der Waals surface area contributed by atoms with E-state index < -0.39 is 17.4 Å². The van der Waals surface area contributed by atoms with Crippen LogP contribution >= 0.6 is 0 Å². The lowest BCUT2D eigenvalue weighted by Gasteiger charge is -2.06. The molecule has 1 aromatic heterocycles. The second-order valence-corrected chi connectivity index (χ2v) is 3.24. The minimum atomic E-state index is -0.847. The van der Waals surface area contributed by atoms with Gasteiger partial charge in [0.1, 0.15) is 17.6 Å². The second-order valence-electron chi connectivity index (χ2n) is 3.24. The maximum atomic E-state index is 13.4. The van der Waals surface area contributed by atoms with E-state index >= 15 is 0 Å². The first-order valence-corrected chi connectivity index (χ1v) is 4.75. The number of hydrogen-bond acceptors (Lipinski definition) is 5. The van der Waals surface area contributed by atoms with E-state index in [1.807, 2.05) is 0 Å². The van der Waals surface area contributed by atoms with Crippen LogP contribution in [-0.4, -0.2) is 9.97 Å². The number of rotatable bonds is 2. The molecule has 0 amide bonds. The van der Waals surface area contributed by atoms with Crippen molar-refractivity contribution in [2.75, 3.05) is 5.73 Å². The first-order chi connectivity index (χ1) is 8.60. The van der Waals surface area contributed by atoms with Gasteiger partial charge in [-0.2, -0.15) is 10.2 Å². The first kappa shape index (κ1) is 11.7. The Bertz CT molecular complexity index is 639. The van der Waals surface area contributed by atoms with E-state index in [1.54, 1.807) is 6.07 Å². The van der Waals surface area contributed by atoms with E-state index in [4.69, 9.17) is 15.7 Å². The molecule has 7 heteroatoms. The number of nitriles is 1. The van der Waals surface area contributed by atoms with Crippen molar-refractivity contribution in [1.82, 2.24) is 9.97 Å². The molecule has 0 radical (unpaired) electrons. The predicted octanol–water partition coefficient (Wildman–Crippen LogP) is 2.00. The molecule has 5 nitrogen and oxygen atoms in total. The van der Waals surface area contributed by atoms with Crippen LogP contribution in [0.5, 0.6) is 11.8 Å². The fourth-order valence-corrected chi connectivity index (χ4v) is 1.17. The average molecular weight is 248 g/mol. The molecule has 2 N–H and O–H groups in total. The zero-order chi connectivity index (χ0) is 13.1. The Hall–Kier alpha value is -2.75. The summed E-state index contributed by atoms with van der Waals surface area (Å²) in [6.07, 6.45) is 1.27. The summed E-state index contributed by atoms with van der Waals surface area (Å²) < 4.78 is 31.5. The first-order valence-electron chi connectivity index (χ1n) is 4.75. The molecule has 0 aliphatic carbocycles. The molecule has 0 atom stereocenters. The number of nitrogen functional groups attached to an aromatic ring is 1. The lowest BCUT2D eigenvalue weighted by atomic mass is 10.3. The van der Waals surface area contributed by atoms with Crippen molar-refractivity contribution in [3.8, 4) is 17.8 Å². The maximum absolute atomic E-state index is 13.4. The molecule has 0 saturated heterocycles. The summed E-state index contributed by atoms with van der Waals surface area (Å²) in [5.41, 5.74) is 4.91. The summed E-state index contributed by atoms with van der Waals surface area (Å²) >= 11 is 0. The molecule has 0 bridgehead atoms. The number of nitrogens with zero attached hydrogens (tertiary/aromatic N) is 3. The minimum Gasteiger partial charge on any atom is -0.421 e. The average Bonchev–Trinajstić information content (AvgIpc) is 2.36. The van der Waals surface area contributed by atoms with Gasteiger partial charge in [-0.05, 0) is 6.07 Å². The summed E-state index contributed by atoms with van der Waals surface area (Å²) in [7, 11) is 0. The van der Waals surface area contributed by atoms with E-state index in [0.717, 1.165) is 12.1 Å². The molecule has 0 aliphatic rings. The number of halogens is 2. The highest BCUT2D eigenvalue weighted by Crippen LogP contribution is 2.26. The Kier molecular flexibility index (Phi) is 3.02. The van der Waals surface area contributed by atoms with Crippen molar-refractivity contribution in [3.63, 3.8) is 0 Å². The molecule has 2 aromatic rings. The fraction of sp³-hybridized carbons (Fsp3) is 0. The van der Waals surface area contributed by atoms with Crippen molar-refractivity contribution < 1.29 is 13.5 Å². The quantitative estimate of drug-likeness (QED) is 0.821. The summed E-state index contributed by atoms with van der Waals surface area (Å²) in [4.78, 5) is 7.34. The van der Waals surface area contributed by atoms with Crippen molar-refractivity contribution in [1.29, 1.82) is 5.26 Å². The zero-order valence-electron chi connectivity index (χ0n) is 8.89. The molecule has 18 heavy (non-hydrogen) atoms. The van der Waals surface area contributed by atoms with Crippen LogP contribution in [0.2, 0.25) is 0 Å². The molecule has 0 fully saturated rings. The normalized spacial score (nSPS) is 9.83. The van der Waals surface area contributed by atoms with Crippen LogP contribution in [0.3, 0.4) is 0 Å². The number of benzene rings is 1. The third kappa shape index (κ3) is 2.32. The van der Waals surface area contributed by atoms with Gasteiger partial charge in [0, 0.05) is 18.3 Å². The lowest BCUT2D eigenvalue weighted by molar-refractivity contribution is 0.407. The summed E-state index contributed by atoms with van der Waals surface area (Å²) in [5, 5.41) is 8.62. The van der Waals surface area contributed by atoms with Crippen molar-refractivity contribution in [2.24, 2.45) is 0 Å².